The van der Waals surface area contributed by atoms with Crippen LogP contribution < -0.4 is 10.1 Å². The zero-order chi connectivity index (χ0) is 15.2. The van der Waals surface area contributed by atoms with Gasteiger partial charge in [-0.1, -0.05) is 19.4 Å². The van der Waals surface area contributed by atoms with E-state index >= 15 is 0 Å². The summed E-state index contributed by atoms with van der Waals surface area (Å²) in [6.07, 6.45) is 3.74. The highest BCUT2D eigenvalue weighted by Crippen LogP contribution is 2.29. The van der Waals surface area contributed by atoms with E-state index in [0.29, 0.717) is 30.1 Å². The largest absolute Gasteiger partial charge is 0.494 e. The van der Waals surface area contributed by atoms with Crippen LogP contribution in [-0.2, 0) is 0 Å². The Bertz CT molecular complexity index is 643. The summed E-state index contributed by atoms with van der Waals surface area (Å²) < 4.78 is 11.3. The highest BCUT2D eigenvalue weighted by atomic mass is 16.5. The van der Waals surface area contributed by atoms with Crippen molar-refractivity contribution in [2.24, 2.45) is 0 Å². The fourth-order valence-electron chi connectivity index (χ4n) is 2.16. The van der Waals surface area contributed by atoms with Gasteiger partial charge < -0.3 is 14.5 Å². The van der Waals surface area contributed by atoms with Crippen molar-refractivity contribution in [1.29, 1.82) is 0 Å². The third kappa shape index (κ3) is 3.45. The lowest BCUT2D eigenvalue weighted by Gasteiger charge is -2.05. The Morgan fingerprint density at radius 3 is 3.00 bits per heavy atom. The average molecular weight is 287 g/mol. The molecule has 0 saturated carbocycles. The third-order valence-corrected chi connectivity index (χ3v) is 3.24. The number of aryl methyl sites for hydroxylation is 1. The Hall–Kier alpha value is -2.23. The molecule has 2 aromatic rings. The highest BCUT2D eigenvalue weighted by Gasteiger charge is 2.18. The summed E-state index contributed by atoms with van der Waals surface area (Å²) in [4.78, 5) is 12.2. The number of unbranched alkanes of at least 4 members (excludes halogenated alkanes) is 1. The van der Waals surface area contributed by atoms with Gasteiger partial charge in [0.1, 0.15) is 17.1 Å². The van der Waals surface area contributed by atoms with Crippen molar-refractivity contribution in [3.63, 3.8) is 0 Å². The van der Waals surface area contributed by atoms with Gasteiger partial charge in [-0.15, -0.1) is 6.58 Å². The van der Waals surface area contributed by atoms with E-state index < -0.39 is 0 Å². The maximum atomic E-state index is 12.2. The van der Waals surface area contributed by atoms with Crippen LogP contribution in [0.2, 0.25) is 0 Å². The topological polar surface area (TPSA) is 51.5 Å². The van der Waals surface area contributed by atoms with Gasteiger partial charge in [-0.05, 0) is 31.5 Å². The van der Waals surface area contributed by atoms with Crippen molar-refractivity contribution >= 4 is 16.9 Å². The van der Waals surface area contributed by atoms with Crippen molar-refractivity contribution < 1.29 is 13.9 Å². The molecule has 0 aliphatic heterocycles. The molecule has 2 rings (SSSR count). The molecular formula is C17H21NO3. The normalized spacial score (nSPS) is 10.6. The quantitative estimate of drug-likeness (QED) is 0.622. The van der Waals surface area contributed by atoms with Crippen molar-refractivity contribution in [2.75, 3.05) is 13.2 Å². The zero-order valence-corrected chi connectivity index (χ0v) is 12.6. The summed E-state index contributed by atoms with van der Waals surface area (Å²) in [6, 6.07) is 5.57. The molecule has 0 radical (unpaired) electrons. The number of nitrogens with one attached hydrogen (secondary N) is 1. The zero-order valence-electron chi connectivity index (χ0n) is 12.6. The lowest BCUT2D eigenvalue weighted by molar-refractivity contribution is 0.0958. The molecule has 0 spiro atoms. The molecule has 4 nitrogen and oxygen atoms in total. The fraction of sp³-hybridized carbons (Fsp3) is 0.353. The SMILES string of the molecule is C=CCNC(=O)c1c(C)oc2ccc(OCCCC)cc12. The minimum Gasteiger partial charge on any atom is -0.494 e. The lowest BCUT2D eigenvalue weighted by atomic mass is 10.1. The number of hydrogen-bond acceptors (Lipinski definition) is 3. The molecule has 0 atom stereocenters. The van der Waals surface area contributed by atoms with Crippen LogP contribution in [0.4, 0.5) is 0 Å². The van der Waals surface area contributed by atoms with Crippen LogP contribution in [0.1, 0.15) is 35.9 Å². The second kappa shape index (κ2) is 6.97. The van der Waals surface area contributed by atoms with Crippen LogP contribution in [0.5, 0.6) is 5.75 Å². The summed E-state index contributed by atoms with van der Waals surface area (Å²) in [5.74, 6) is 1.21. The summed E-state index contributed by atoms with van der Waals surface area (Å²) in [7, 11) is 0. The van der Waals surface area contributed by atoms with Crippen LogP contribution in [0.25, 0.3) is 11.0 Å². The molecule has 0 unspecified atom stereocenters. The number of rotatable bonds is 7. The Morgan fingerprint density at radius 2 is 2.29 bits per heavy atom. The standard InChI is InChI=1S/C17H21NO3/c1-4-6-10-20-13-7-8-15-14(11-13)16(12(3)21-15)17(19)18-9-5-2/h5,7-8,11H,2,4,6,9-10H2,1,3H3,(H,18,19). The Kier molecular flexibility index (Phi) is 5.04. The second-order valence-corrected chi connectivity index (χ2v) is 4.89. The molecule has 0 aliphatic rings. The van der Waals surface area contributed by atoms with Crippen LogP contribution in [0.3, 0.4) is 0 Å². The van der Waals surface area contributed by atoms with Crippen molar-refractivity contribution in [2.45, 2.75) is 26.7 Å². The van der Waals surface area contributed by atoms with Crippen LogP contribution in [-0.4, -0.2) is 19.1 Å². The van der Waals surface area contributed by atoms with E-state index in [4.69, 9.17) is 9.15 Å². The number of benzene rings is 1. The molecule has 4 heteroatoms. The first kappa shape index (κ1) is 15.2. The van der Waals surface area contributed by atoms with Gasteiger partial charge in [0.2, 0.25) is 0 Å². The number of amides is 1. The maximum Gasteiger partial charge on any atom is 0.255 e. The minimum absolute atomic E-state index is 0.156. The average Bonchev–Trinajstić information content (AvgIpc) is 2.80. The summed E-state index contributed by atoms with van der Waals surface area (Å²) in [5, 5.41) is 3.56. The van der Waals surface area contributed by atoms with E-state index in [-0.39, 0.29) is 5.91 Å². The van der Waals surface area contributed by atoms with Gasteiger partial charge in [0.25, 0.3) is 5.91 Å². The molecule has 0 bridgehead atoms. The first-order chi connectivity index (χ1) is 10.2. The molecule has 112 valence electrons. The molecule has 1 heterocycles. The Morgan fingerprint density at radius 1 is 1.48 bits per heavy atom. The monoisotopic (exact) mass is 287 g/mol. The van der Waals surface area contributed by atoms with E-state index in [1.807, 2.05) is 18.2 Å². The van der Waals surface area contributed by atoms with E-state index in [9.17, 15) is 4.79 Å². The number of fused-ring (bicyclic) bond motifs is 1. The van der Waals surface area contributed by atoms with E-state index in [1.165, 1.54) is 0 Å². The highest BCUT2D eigenvalue weighted by molar-refractivity contribution is 6.07. The fourth-order valence-corrected chi connectivity index (χ4v) is 2.16. The number of carbonyl (C=O) groups excluding carboxylic acids is 1. The van der Waals surface area contributed by atoms with E-state index in [0.717, 1.165) is 24.0 Å². The first-order valence-electron chi connectivity index (χ1n) is 7.22. The first-order valence-corrected chi connectivity index (χ1v) is 7.22. The smallest absolute Gasteiger partial charge is 0.255 e. The number of ether oxygens (including phenoxy) is 1. The second-order valence-electron chi connectivity index (χ2n) is 4.89. The van der Waals surface area contributed by atoms with Gasteiger partial charge in [-0.3, -0.25) is 4.79 Å². The Labute approximate surface area is 124 Å². The molecule has 21 heavy (non-hydrogen) atoms. The maximum absolute atomic E-state index is 12.2. The van der Waals surface area contributed by atoms with E-state index in [1.54, 1.807) is 13.0 Å². The van der Waals surface area contributed by atoms with Crippen molar-refractivity contribution in [3.05, 3.63) is 42.2 Å². The molecule has 0 aliphatic carbocycles. The van der Waals surface area contributed by atoms with Gasteiger partial charge in [-0.2, -0.15) is 0 Å². The van der Waals surface area contributed by atoms with Crippen molar-refractivity contribution in [1.82, 2.24) is 5.32 Å². The molecule has 1 aromatic heterocycles. The van der Waals surface area contributed by atoms with Gasteiger partial charge >= 0.3 is 0 Å². The molecular weight excluding hydrogens is 266 g/mol. The van der Waals surface area contributed by atoms with E-state index in [2.05, 4.69) is 18.8 Å². The minimum atomic E-state index is -0.156. The third-order valence-electron chi connectivity index (χ3n) is 3.24. The van der Waals surface area contributed by atoms with Crippen molar-refractivity contribution in [3.8, 4) is 5.75 Å². The lowest BCUT2D eigenvalue weighted by Crippen LogP contribution is -2.23. The van der Waals surface area contributed by atoms with Gasteiger partial charge in [-0.25, -0.2) is 0 Å². The predicted molar refractivity (Wildman–Crippen MR) is 83.9 cm³/mol. The van der Waals surface area contributed by atoms with Gasteiger partial charge in [0, 0.05) is 11.9 Å². The van der Waals surface area contributed by atoms with Crippen LogP contribution >= 0.6 is 0 Å². The summed E-state index contributed by atoms with van der Waals surface area (Å²) in [5.41, 5.74) is 1.26. The molecule has 1 N–H and O–H groups in total. The summed E-state index contributed by atoms with van der Waals surface area (Å²) >= 11 is 0. The molecule has 1 aromatic carbocycles. The van der Waals surface area contributed by atoms with Gasteiger partial charge in [0.15, 0.2) is 0 Å². The number of hydrogen-bond donors (Lipinski definition) is 1. The van der Waals surface area contributed by atoms with Crippen LogP contribution in [0.15, 0.2) is 35.3 Å². The predicted octanol–water partition coefficient (Wildman–Crippen LogP) is 3.84. The Balaban J connectivity index is 2.30. The molecule has 0 saturated heterocycles. The summed E-state index contributed by atoms with van der Waals surface area (Å²) in [6.45, 7) is 8.61. The molecule has 0 fully saturated rings. The number of carbonyl (C=O) groups is 1. The molecule has 1 amide bonds. The van der Waals surface area contributed by atoms with Crippen LogP contribution in [0, 0.1) is 6.92 Å². The number of furan rings is 1. The van der Waals surface area contributed by atoms with Gasteiger partial charge in [0.05, 0.1) is 12.2 Å².